The van der Waals surface area contributed by atoms with Crippen molar-refractivity contribution in [2.45, 2.75) is 45.2 Å². The Morgan fingerprint density at radius 3 is 3.00 bits per heavy atom. The lowest BCUT2D eigenvalue weighted by molar-refractivity contribution is 0.152. The van der Waals surface area contributed by atoms with Crippen molar-refractivity contribution in [2.75, 3.05) is 6.61 Å². The third-order valence-electron chi connectivity index (χ3n) is 4.19. The first-order valence-electron chi connectivity index (χ1n) is 7.62. The van der Waals surface area contributed by atoms with Gasteiger partial charge < -0.3 is 14.8 Å². The second-order valence-electron chi connectivity index (χ2n) is 5.76. The van der Waals surface area contributed by atoms with E-state index >= 15 is 0 Å². The topological polar surface area (TPSA) is 58.3 Å². The van der Waals surface area contributed by atoms with Crippen LogP contribution in [0.1, 0.15) is 36.3 Å². The van der Waals surface area contributed by atoms with Gasteiger partial charge in [-0.2, -0.15) is 0 Å². The molecule has 114 valence electrons. The van der Waals surface area contributed by atoms with Crippen LogP contribution in [0.5, 0.6) is 0 Å². The van der Waals surface area contributed by atoms with Crippen molar-refractivity contribution in [1.82, 2.24) is 10.3 Å². The monoisotopic (exact) mass is 306 g/mol. The minimum atomic E-state index is 0.289. The Balaban J connectivity index is 1.59. The van der Waals surface area contributed by atoms with Crippen molar-refractivity contribution in [3.8, 4) is 10.8 Å². The molecule has 21 heavy (non-hydrogen) atoms. The quantitative estimate of drug-likeness (QED) is 0.889. The molecule has 2 aromatic rings. The first kappa shape index (κ1) is 14.8. The van der Waals surface area contributed by atoms with Crippen molar-refractivity contribution in [3.05, 3.63) is 29.0 Å². The highest BCUT2D eigenvalue weighted by Gasteiger charge is 2.24. The maximum Gasteiger partial charge on any atom is 0.162 e. The summed E-state index contributed by atoms with van der Waals surface area (Å²) < 4.78 is 5.61. The van der Waals surface area contributed by atoms with E-state index in [0.717, 1.165) is 35.9 Å². The molecule has 1 aliphatic rings. The molecule has 4 nitrogen and oxygen atoms in total. The minimum absolute atomic E-state index is 0.289. The number of furan rings is 1. The molecule has 5 heteroatoms. The Kier molecular flexibility index (Phi) is 4.73. The van der Waals surface area contributed by atoms with E-state index in [9.17, 15) is 5.11 Å². The summed E-state index contributed by atoms with van der Waals surface area (Å²) in [7, 11) is 0. The number of hydrogen-bond donors (Lipinski definition) is 2. The molecule has 0 aromatic carbocycles. The Bertz CT molecular complexity index is 578. The molecule has 0 spiro atoms. The maximum atomic E-state index is 9.45. The van der Waals surface area contributed by atoms with Crippen LogP contribution in [0.4, 0.5) is 0 Å². The van der Waals surface area contributed by atoms with Gasteiger partial charge in [-0.1, -0.05) is 12.8 Å². The van der Waals surface area contributed by atoms with Gasteiger partial charge in [0, 0.05) is 30.3 Å². The molecule has 0 aliphatic heterocycles. The van der Waals surface area contributed by atoms with Crippen LogP contribution in [0.25, 0.3) is 10.8 Å². The van der Waals surface area contributed by atoms with Crippen LogP contribution in [0.2, 0.25) is 0 Å². The number of hydrogen-bond acceptors (Lipinski definition) is 5. The molecule has 0 radical (unpaired) electrons. The first-order chi connectivity index (χ1) is 10.3. The molecular weight excluding hydrogens is 284 g/mol. The number of aryl methyl sites for hydroxylation is 1. The van der Waals surface area contributed by atoms with Gasteiger partial charge in [0.25, 0.3) is 0 Å². The average Bonchev–Trinajstić information content (AvgIpc) is 3.14. The van der Waals surface area contributed by atoms with Crippen LogP contribution in [0.3, 0.4) is 0 Å². The van der Waals surface area contributed by atoms with Gasteiger partial charge in [-0.3, -0.25) is 0 Å². The van der Waals surface area contributed by atoms with Crippen LogP contribution >= 0.6 is 11.3 Å². The highest BCUT2D eigenvalue weighted by atomic mass is 32.1. The molecule has 1 fully saturated rings. The molecule has 0 bridgehead atoms. The maximum absolute atomic E-state index is 9.45. The fourth-order valence-corrected chi connectivity index (χ4v) is 3.80. The zero-order valence-corrected chi connectivity index (χ0v) is 13.2. The summed E-state index contributed by atoms with van der Waals surface area (Å²) in [6.45, 7) is 3.05. The average molecular weight is 306 g/mol. The van der Waals surface area contributed by atoms with Crippen LogP contribution in [-0.4, -0.2) is 22.7 Å². The van der Waals surface area contributed by atoms with Gasteiger partial charge in [-0.05, 0) is 37.8 Å². The van der Waals surface area contributed by atoms with Crippen LogP contribution in [0.15, 0.2) is 22.7 Å². The lowest BCUT2D eigenvalue weighted by atomic mass is 9.85. The molecule has 1 saturated carbocycles. The fraction of sp³-hybridized carbons (Fsp3) is 0.562. The van der Waals surface area contributed by atoms with Crippen molar-refractivity contribution >= 4 is 11.3 Å². The lowest BCUT2D eigenvalue weighted by Crippen LogP contribution is -2.39. The first-order valence-corrected chi connectivity index (χ1v) is 8.43. The second-order valence-corrected chi connectivity index (χ2v) is 6.87. The largest absolute Gasteiger partial charge is 0.459 e. The van der Waals surface area contributed by atoms with Crippen molar-refractivity contribution in [2.24, 2.45) is 5.92 Å². The third-order valence-corrected chi connectivity index (χ3v) is 5.20. The standard InChI is InChI=1S/C16H22N2O2S/c1-11-6-7-15(20-11)16-18-9-13(21-16)8-17-14-5-3-2-4-12(14)10-19/h6-7,9,12,14,17,19H,2-5,8,10H2,1H3. The molecule has 2 N–H and O–H groups in total. The van der Waals surface area contributed by atoms with Crippen molar-refractivity contribution in [1.29, 1.82) is 0 Å². The predicted octanol–water partition coefficient (Wildman–Crippen LogP) is 3.35. The molecule has 1 aliphatic carbocycles. The lowest BCUT2D eigenvalue weighted by Gasteiger charge is -2.30. The molecule has 2 heterocycles. The summed E-state index contributed by atoms with van der Waals surface area (Å²) in [6.07, 6.45) is 6.71. The Hall–Kier alpha value is -1.17. The van der Waals surface area contributed by atoms with Gasteiger partial charge in [0.1, 0.15) is 5.76 Å². The fourth-order valence-electron chi connectivity index (χ4n) is 2.98. The number of aliphatic hydroxyl groups excluding tert-OH is 1. The van der Waals surface area contributed by atoms with Gasteiger partial charge >= 0.3 is 0 Å². The van der Waals surface area contributed by atoms with Crippen molar-refractivity contribution < 1.29 is 9.52 Å². The highest BCUT2D eigenvalue weighted by Crippen LogP contribution is 2.28. The molecule has 0 amide bonds. The zero-order valence-electron chi connectivity index (χ0n) is 12.3. The molecule has 2 aromatic heterocycles. The normalized spacial score (nSPS) is 22.6. The van der Waals surface area contributed by atoms with E-state index in [0.29, 0.717) is 12.0 Å². The van der Waals surface area contributed by atoms with E-state index in [4.69, 9.17) is 4.42 Å². The summed E-state index contributed by atoms with van der Waals surface area (Å²) >= 11 is 1.67. The number of aromatic nitrogens is 1. The van der Waals surface area contributed by atoms with Gasteiger partial charge in [0.2, 0.25) is 0 Å². The zero-order chi connectivity index (χ0) is 14.7. The van der Waals surface area contributed by atoms with E-state index in [1.165, 1.54) is 17.7 Å². The third kappa shape index (κ3) is 3.54. The van der Waals surface area contributed by atoms with Gasteiger partial charge in [0.05, 0.1) is 0 Å². The Morgan fingerprint density at radius 2 is 2.24 bits per heavy atom. The summed E-state index contributed by atoms with van der Waals surface area (Å²) in [5.74, 6) is 2.15. The minimum Gasteiger partial charge on any atom is -0.459 e. The molecule has 3 rings (SSSR count). The molecule has 2 atom stereocenters. The van der Waals surface area contributed by atoms with Gasteiger partial charge in [-0.15, -0.1) is 11.3 Å². The number of rotatable bonds is 5. The van der Waals surface area contributed by atoms with Crippen LogP contribution in [0, 0.1) is 12.8 Å². The Morgan fingerprint density at radius 1 is 1.38 bits per heavy atom. The summed E-state index contributed by atoms with van der Waals surface area (Å²) in [5.41, 5.74) is 0. The number of nitrogens with zero attached hydrogens (tertiary/aromatic N) is 1. The van der Waals surface area contributed by atoms with Gasteiger partial charge in [0.15, 0.2) is 10.8 Å². The van der Waals surface area contributed by atoms with E-state index in [1.54, 1.807) is 11.3 Å². The van der Waals surface area contributed by atoms with E-state index in [2.05, 4.69) is 10.3 Å². The van der Waals surface area contributed by atoms with E-state index in [1.807, 2.05) is 25.3 Å². The second kappa shape index (κ2) is 6.73. The van der Waals surface area contributed by atoms with Crippen LogP contribution in [-0.2, 0) is 6.54 Å². The molecule has 0 saturated heterocycles. The summed E-state index contributed by atoms with van der Waals surface area (Å²) in [6, 6.07) is 4.36. The van der Waals surface area contributed by atoms with Crippen LogP contribution < -0.4 is 5.32 Å². The number of thiazole rings is 1. The summed E-state index contributed by atoms with van der Waals surface area (Å²) in [4.78, 5) is 5.65. The van der Waals surface area contributed by atoms with Crippen molar-refractivity contribution in [3.63, 3.8) is 0 Å². The summed E-state index contributed by atoms with van der Waals surface area (Å²) in [5, 5.41) is 14.0. The predicted molar refractivity (Wildman–Crippen MR) is 84.2 cm³/mol. The van der Waals surface area contributed by atoms with Gasteiger partial charge in [-0.25, -0.2) is 4.98 Å². The Labute approximate surface area is 129 Å². The van der Waals surface area contributed by atoms with E-state index in [-0.39, 0.29) is 6.61 Å². The number of nitrogens with one attached hydrogen (secondary N) is 1. The SMILES string of the molecule is Cc1ccc(-c2ncc(CNC3CCCCC3CO)s2)o1. The molecular formula is C16H22N2O2S. The smallest absolute Gasteiger partial charge is 0.162 e. The number of aliphatic hydroxyl groups is 1. The highest BCUT2D eigenvalue weighted by molar-refractivity contribution is 7.14. The molecule has 2 unspecified atom stereocenters. The van der Waals surface area contributed by atoms with E-state index < -0.39 is 0 Å².